The lowest BCUT2D eigenvalue weighted by Crippen LogP contribution is -2.42. The van der Waals surface area contributed by atoms with Gasteiger partial charge in [0.05, 0.1) is 4.88 Å². The molecule has 0 spiro atoms. The molecule has 0 amide bonds. The summed E-state index contributed by atoms with van der Waals surface area (Å²) in [4.78, 5) is 15.2. The van der Waals surface area contributed by atoms with E-state index in [9.17, 15) is 9.90 Å². The van der Waals surface area contributed by atoms with Crippen molar-refractivity contribution in [2.75, 3.05) is 20.1 Å². The van der Waals surface area contributed by atoms with Gasteiger partial charge >= 0.3 is 5.97 Å². The first kappa shape index (κ1) is 15.2. The van der Waals surface area contributed by atoms with Crippen LogP contribution in [0, 0.1) is 0 Å². The molecule has 0 aliphatic carbocycles. The van der Waals surface area contributed by atoms with Crippen molar-refractivity contribution in [3.8, 4) is 0 Å². The minimum Gasteiger partial charge on any atom is -0.460 e. The van der Waals surface area contributed by atoms with Gasteiger partial charge in [0, 0.05) is 13.1 Å². The maximum atomic E-state index is 12.4. The third kappa shape index (κ3) is 2.95. The molecule has 2 heterocycles. The quantitative estimate of drug-likeness (QED) is 0.683. The van der Waals surface area contributed by atoms with Crippen LogP contribution in [0.3, 0.4) is 0 Å². The van der Waals surface area contributed by atoms with Gasteiger partial charge in [0.1, 0.15) is 6.10 Å². The molecule has 5 heteroatoms. The molecule has 110 valence electrons. The van der Waals surface area contributed by atoms with Crippen LogP contribution in [0.5, 0.6) is 0 Å². The zero-order valence-corrected chi connectivity index (χ0v) is 12.8. The maximum Gasteiger partial charge on any atom is 0.348 e. The highest BCUT2D eigenvalue weighted by atomic mass is 32.1. The summed E-state index contributed by atoms with van der Waals surface area (Å²) in [5, 5.41) is 12.6. The molecular formula is C15H21NO3S. The highest BCUT2D eigenvalue weighted by Gasteiger charge is 2.43. The Morgan fingerprint density at radius 1 is 1.55 bits per heavy atom. The van der Waals surface area contributed by atoms with Gasteiger partial charge < -0.3 is 14.7 Å². The van der Waals surface area contributed by atoms with Gasteiger partial charge in [0.2, 0.25) is 5.60 Å². The Bertz CT molecular complexity index is 477. The van der Waals surface area contributed by atoms with E-state index in [4.69, 9.17) is 4.74 Å². The molecule has 1 fully saturated rings. The number of hydrogen-bond acceptors (Lipinski definition) is 5. The minimum atomic E-state index is -1.72. The highest BCUT2D eigenvalue weighted by molar-refractivity contribution is 7.10. The van der Waals surface area contributed by atoms with Crippen LogP contribution in [0.15, 0.2) is 29.7 Å². The number of thiophene rings is 1. The van der Waals surface area contributed by atoms with E-state index in [1.54, 1.807) is 19.1 Å². The maximum absolute atomic E-state index is 12.4. The van der Waals surface area contributed by atoms with E-state index >= 15 is 0 Å². The van der Waals surface area contributed by atoms with E-state index in [1.807, 2.05) is 12.4 Å². The van der Waals surface area contributed by atoms with Crippen LogP contribution in [-0.4, -0.2) is 42.2 Å². The van der Waals surface area contributed by atoms with Crippen molar-refractivity contribution in [1.82, 2.24) is 4.90 Å². The second-order valence-corrected chi connectivity index (χ2v) is 6.32. The third-order valence-electron chi connectivity index (χ3n) is 3.73. The average Bonchev–Trinajstić information content (AvgIpc) is 2.94. The number of hydrogen-bond donors (Lipinski definition) is 1. The monoisotopic (exact) mass is 295 g/mol. The molecule has 1 saturated heterocycles. The zero-order chi connectivity index (χ0) is 14.8. The molecule has 1 atom stereocenters. The fourth-order valence-electron chi connectivity index (χ4n) is 2.31. The number of ether oxygens (including phenoxy) is 1. The van der Waals surface area contributed by atoms with Crippen molar-refractivity contribution in [1.29, 1.82) is 0 Å². The summed E-state index contributed by atoms with van der Waals surface area (Å²) in [6, 6.07) is 3.53. The molecular weight excluding hydrogens is 274 g/mol. The number of carbonyl (C=O) groups is 1. The van der Waals surface area contributed by atoms with E-state index in [0.29, 0.717) is 10.5 Å². The number of aliphatic hydroxyl groups is 1. The summed E-state index contributed by atoms with van der Waals surface area (Å²) in [7, 11) is 2.05. The van der Waals surface area contributed by atoms with Gasteiger partial charge in [-0.15, -0.1) is 11.3 Å². The lowest BCUT2D eigenvalue weighted by Gasteiger charge is -2.32. The number of rotatable bonds is 4. The van der Waals surface area contributed by atoms with Crippen molar-refractivity contribution >= 4 is 17.3 Å². The molecule has 1 aliphatic rings. The van der Waals surface area contributed by atoms with Gasteiger partial charge in [-0.1, -0.05) is 12.6 Å². The van der Waals surface area contributed by atoms with E-state index in [0.717, 1.165) is 25.9 Å². The van der Waals surface area contributed by atoms with Crippen molar-refractivity contribution in [3.63, 3.8) is 0 Å². The lowest BCUT2D eigenvalue weighted by molar-refractivity contribution is -0.169. The zero-order valence-electron chi connectivity index (χ0n) is 12.0. The van der Waals surface area contributed by atoms with Crippen LogP contribution in [0.4, 0.5) is 0 Å². The summed E-state index contributed by atoms with van der Waals surface area (Å²) in [5.74, 6) is -0.609. The van der Waals surface area contributed by atoms with Crippen molar-refractivity contribution in [3.05, 3.63) is 34.5 Å². The van der Waals surface area contributed by atoms with Crippen LogP contribution in [0.1, 0.15) is 24.6 Å². The Morgan fingerprint density at radius 2 is 2.20 bits per heavy atom. The number of likely N-dealkylation sites (tertiary alicyclic amines) is 1. The molecule has 20 heavy (non-hydrogen) atoms. The molecule has 0 saturated carbocycles. The smallest absolute Gasteiger partial charge is 0.348 e. The Morgan fingerprint density at radius 3 is 2.70 bits per heavy atom. The van der Waals surface area contributed by atoms with E-state index in [-0.39, 0.29) is 6.10 Å². The van der Waals surface area contributed by atoms with E-state index in [1.165, 1.54) is 11.3 Å². The molecule has 1 aromatic rings. The molecule has 0 radical (unpaired) electrons. The molecule has 0 bridgehead atoms. The molecule has 4 nitrogen and oxygen atoms in total. The summed E-state index contributed by atoms with van der Waals surface area (Å²) >= 11 is 1.33. The Kier molecular flexibility index (Phi) is 4.62. The summed E-state index contributed by atoms with van der Waals surface area (Å²) in [6.07, 6.45) is 1.49. The SMILES string of the molecule is C=C(C)C(O)(C(=O)OC1CCN(C)CC1)c1cccs1. The van der Waals surface area contributed by atoms with Gasteiger partial charge in [-0.05, 0) is 43.8 Å². The highest BCUT2D eigenvalue weighted by Crippen LogP contribution is 2.34. The van der Waals surface area contributed by atoms with Crippen LogP contribution in [0.2, 0.25) is 0 Å². The fourth-order valence-corrected chi connectivity index (χ4v) is 3.20. The van der Waals surface area contributed by atoms with Gasteiger partial charge in [-0.2, -0.15) is 0 Å². The van der Waals surface area contributed by atoms with Crippen LogP contribution < -0.4 is 0 Å². The van der Waals surface area contributed by atoms with Gasteiger partial charge in [-0.3, -0.25) is 0 Å². The van der Waals surface area contributed by atoms with Crippen LogP contribution in [0.25, 0.3) is 0 Å². The Balaban J connectivity index is 2.11. The standard InChI is InChI=1S/C15H21NO3S/c1-11(2)15(18,13-5-4-10-20-13)14(17)19-12-6-8-16(3)9-7-12/h4-5,10,12,18H,1,6-9H2,2-3H3. The topological polar surface area (TPSA) is 49.8 Å². The Hall–Kier alpha value is -1.17. The number of carbonyl (C=O) groups excluding carboxylic acids is 1. The van der Waals surface area contributed by atoms with E-state index in [2.05, 4.69) is 11.5 Å². The predicted molar refractivity (Wildman–Crippen MR) is 79.6 cm³/mol. The minimum absolute atomic E-state index is 0.121. The van der Waals surface area contributed by atoms with Gasteiger partial charge in [-0.25, -0.2) is 4.79 Å². The first-order valence-corrected chi connectivity index (χ1v) is 7.64. The average molecular weight is 295 g/mol. The molecule has 1 N–H and O–H groups in total. The van der Waals surface area contributed by atoms with Gasteiger partial charge in [0.25, 0.3) is 0 Å². The first-order chi connectivity index (χ1) is 9.44. The number of esters is 1. The Labute approximate surface area is 123 Å². The third-order valence-corrected chi connectivity index (χ3v) is 4.71. The molecule has 2 rings (SSSR count). The molecule has 1 unspecified atom stereocenters. The number of nitrogens with zero attached hydrogens (tertiary/aromatic N) is 1. The van der Waals surface area contributed by atoms with E-state index < -0.39 is 11.6 Å². The molecule has 1 aromatic heterocycles. The fraction of sp³-hybridized carbons (Fsp3) is 0.533. The predicted octanol–water partition coefficient (Wildman–Crippen LogP) is 2.15. The summed E-state index contributed by atoms with van der Waals surface area (Å²) in [5.41, 5.74) is -1.34. The van der Waals surface area contributed by atoms with Gasteiger partial charge in [0.15, 0.2) is 0 Å². The summed E-state index contributed by atoms with van der Waals surface area (Å²) < 4.78 is 5.52. The van der Waals surface area contributed by atoms with Crippen LogP contribution in [-0.2, 0) is 15.1 Å². The second kappa shape index (κ2) is 6.08. The van der Waals surface area contributed by atoms with Crippen molar-refractivity contribution in [2.24, 2.45) is 0 Å². The summed E-state index contributed by atoms with van der Waals surface area (Å²) in [6.45, 7) is 7.22. The van der Waals surface area contributed by atoms with Crippen molar-refractivity contribution < 1.29 is 14.6 Å². The molecule has 0 aromatic carbocycles. The first-order valence-electron chi connectivity index (χ1n) is 6.76. The van der Waals surface area contributed by atoms with Crippen LogP contribution >= 0.6 is 11.3 Å². The lowest BCUT2D eigenvalue weighted by atomic mass is 9.94. The normalized spacial score (nSPS) is 20.4. The second-order valence-electron chi connectivity index (χ2n) is 5.38. The number of piperidine rings is 1. The largest absolute Gasteiger partial charge is 0.460 e. The van der Waals surface area contributed by atoms with Crippen molar-refractivity contribution in [2.45, 2.75) is 31.5 Å². The molecule has 1 aliphatic heterocycles.